The molecule has 1 amide bonds. The number of halogens is 1. The van der Waals surface area contributed by atoms with E-state index in [1.165, 1.54) is 24.3 Å². The number of hydrogen-bond acceptors (Lipinski definition) is 5. The average molecular weight is 377 g/mol. The third-order valence-corrected chi connectivity index (χ3v) is 4.02. The van der Waals surface area contributed by atoms with Gasteiger partial charge in [0.2, 0.25) is 5.91 Å². The fraction of sp³-hybridized carbons (Fsp3) is 0.222. The maximum absolute atomic E-state index is 12.5. The summed E-state index contributed by atoms with van der Waals surface area (Å²) < 4.78 is 5.02. The first kappa shape index (κ1) is 19.4. The number of benzene rings is 2. The summed E-state index contributed by atoms with van der Waals surface area (Å²) >= 11 is 6.17. The Bertz CT molecular complexity index is 780. The van der Waals surface area contributed by atoms with E-state index in [-0.39, 0.29) is 12.3 Å². The van der Waals surface area contributed by atoms with E-state index in [1.807, 2.05) is 0 Å². The Morgan fingerprint density at radius 3 is 2.27 bits per heavy atom. The summed E-state index contributed by atoms with van der Waals surface area (Å²) in [5, 5.41) is 12.2. The van der Waals surface area contributed by atoms with Crippen LogP contribution in [-0.4, -0.2) is 23.4 Å². The van der Waals surface area contributed by atoms with Gasteiger partial charge in [-0.25, -0.2) is 4.79 Å². The number of rotatable bonds is 7. The van der Waals surface area contributed by atoms with Crippen molar-refractivity contribution in [2.24, 2.45) is 0 Å². The molecule has 8 heteroatoms. The molecule has 0 aliphatic carbocycles. The first-order valence-corrected chi connectivity index (χ1v) is 8.28. The van der Waals surface area contributed by atoms with Crippen LogP contribution in [0.3, 0.4) is 0 Å². The van der Waals surface area contributed by atoms with Crippen LogP contribution in [0.5, 0.6) is 0 Å². The lowest BCUT2D eigenvalue weighted by Crippen LogP contribution is -2.36. The minimum Gasteiger partial charge on any atom is -0.464 e. The second-order valence-electron chi connectivity index (χ2n) is 5.32. The molecule has 0 aliphatic rings. The number of nitrogens with zero attached hydrogens (tertiary/aromatic N) is 1. The molecule has 0 bridgehead atoms. The molecule has 2 rings (SSSR count). The normalized spacial score (nSPS) is 12.7. The number of hydrogen-bond donors (Lipinski definition) is 1. The summed E-state index contributed by atoms with van der Waals surface area (Å²) in [5.74, 6) is -1.21. The van der Waals surface area contributed by atoms with Crippen molar-refractivity contribution in [3.8, 4) is 0 Å². The lowest BCUT2D eigenvalue weighted by Gasteiger charge is -2.19. The Kier molecular flexibility index (Phi) is 6.68. The van der Waals surface area contributed by atoms with Gasteiger partial charge in [-0.15, -0.1) is 11.6 Å². The zero-order valence-electron chi connectivity index (χ0n) is 13.9. The third kappa shape index (κ3) is 4.80. The van der Waals surface area contributed by atoms with Crippen LogP contribution in [0, 0.1) is 10.1 Å². The lowest BCUT2D eigenvalue weighted by molar-refractivity contribution is -0.384. The fourth-order valence-electron chi connectivity index (χ4n) is 2.28. The van der Waals surface area contributed by atoms with Gasteiger partial charge in [-0.2, -0.15) is 0 Å². The minimum atomic E-state index is -1.11. The molecule has 0 spiro atoms. The molecular formula is C18H17ClN2O5. The van der Waals surface area contributed by atoms with Crippen LogP contribution in [-0.2, 0) is 14.3 Å². The number of non-ortho nitro benzene ring substituents is 1. The van der Waals surface area contributed by atoms with Gasteiger partial charge in [0.05, 0.1) is 11.5 Å². The van der Waals surface area contributed by atoms with Crippen molar-refractivity contribution in [1.29, 1.82) is 0 Å². The van der Waals surface area contributed by atoms with E-state index in [0.29, 0.717) is 11.1 Å². The molecule has 0 aliphatic heterocycles. The van der Waals surface area contributed by atoms with Gasteiger partial charge in [-0.3, -0.25) is 14.9 Å². The number of ether oxygens (including phenoxy) is 1. The Labute approximate surface area is 155 Å². The lowest BCUT2D eigenvalue weighted by atomic mass is 10.1. The summed E-state index contributed by atoms with van der Waals surface area (Å²) in [6.07, 6.45) is 0. The first-order valence-electron chi connectivity index (χ1n) is 7.84. The van der Waals surface area contributed by atoms with Crippen molar-refractivity contribution in [3.05, 3.63) is 75.8 Å². The topological polar surface area (TPSA) is 98.5 Å². The molecule has 1 N–H and O–H groups in total. The van der Waals surface area contributed by atoms with Crippen LogP contribution in [0.15, 0.2) is 54.6 Å². The Balaban J connectivity index is 2.17. The largest absolute Gasteiger partial charge is 0.464 e. The number of nitro groups is 1. The molecule has 0 unspecified atom stereocenters. The van der Waals surface area contributed by atoms with Gasteiger partial charge in [-0.05, 0) is 18.1 Å². The number of amides is 1. The van der Waals surface area contributed by atoms with E-state index in [0.717, 1.165) is 0 Å². The number of carbonyl (C=O) groups is 2. The monoisotopic (exact) mass is 376 g/mol. The molecular weight excluding hydrogens is 360 g/mol. The Morgan fingerprint density at radius 2 is 1.73 bits per heavy atom. The molecule has 2 aromatic carbocycles. The van der Waals surface area contributed by atoms with Crippen LogP contribution >= 0.6 is 11.6 Å². The predicted molar refractivity (Wildman–Crippen MR) is 95.6 cm³/mol. The Morgan fingerprint density at radius 1 is 1.12 bits per heavy atom. The van der Waals surface area contributed by atoms with Crippen LogP contribution in [0.4, 0.5) is 5.69 Å². The third-order valence-electron chi connectivity index (χ3n) is 3.57. The van der Waals surface area contributed by atoms with Crippen molar-refractivity contribution in [2.45, 2.75) is 18.3 Å². The van der Waals surface area contributed by atoms with Gasteiger partial charge >= 0.3 is 5.97 Å². The molecule has 2 atom stereocenters. The highest BCUT2D eigenvalue weighted by Crippen LogP contribution is 2.25. The number of nitro benzene ring substituents is 1. The molecule has 0 saturated heterocycles. The maximum Gasteiger partial charge on any atom is 0.333 e. The molecule has 0 radical (unpaired) electrons. The van der Waals surface area contributed by atoms with Crippen LogP contribution in [0.1, 0.15) is 29.5 Å². The van der Waals surface area contributed by atoms with Gasteiger partial charge in [-0.1, -0.05) is 42.5 Å². The van der Waals surface area contributed by atoms with Crippen molar-refractivity contribution in [1.82, 2.24) is 5.32 Å². The predicted octanol–water partition coefficient (Wildman–Crippen LogP) is 3.30. The number of nitrogens with one attached hydrogen (secondary N) is 1. The van der Waals surface area contributed by atoms with Gasteiger partial charge in [0.15, 0.2) is 6.04 Å². The maximum atomic E-state index is 12.5. The summed E-state index contributed by atoms with van der Waals surface area (Å²) in [7, 11) is 0. The fourth-order valence-corrected chi connectivity index (χ4v) is 2.49. The molecule has 0 heterocycles. The molecule has 136 valence electrons. The summed E-state index contributed by atoms with van der Waals surface area (Å²) in [5.41, 5.74) is 0.837. The van der Waals surface area contributed by atoms with Crippen molar-refractivity contribution < 1.29 is 19.2 Å². The Hall–Kier alpha value is -2.93. The van der Waals surface area contributed by atoms with Crippen molar-refractivity contribution >= 4 is 29.2 Å². The van der Waals surface area contributed by atoms with Gasteiger partial charge in [0, 0.05) is 12.1 Å². The highest BCUT2D eigenvalue weighted by Gasteiger charge is 2.27. The molecule has 7 nitrogen and oxygen atoms in total. The van der Waals surface area contributed by atoms with E-state index in [2.05, 4.69) is 5.32 Å². The molecule has 0 saturated carbocycles. The molecule has 0 fully saturated rings. The van der Waals surface area contributed by atoms with E-state index >= 15 is 0 Å². The van der Waals surface area contributed by atoms with E-state index in [9.17, 15) is 19.7 Å². The van der Waals surface area contributed by atoms with Crippen LogP contribution < -0.4 is 5.32 Å². The summed E-state index contributed by atoms with van der Waals surface area (Å²) in [6.45, 7) is 1.84. The summed E-state index contributed by atoms with van der Waals surface area (Å²) in [6, 6.07) is 13.0. The van der Waals surface area contributed by atoms with Crippen LogP contribution in [0.2, 0.25) is 0 Å². The minimum absolute atomic E-state index is 0.105. The van der Waals surface area contributed by atoms with E-state index < -0.39 is 28.2 Å². The van der Waals surface area contributed by atoms with Gasteiger partial charge in [0.25, 0.3) is 5.69 Å². The van der Waals surface area contributed by atoms with Crippen molar-refractivity contribution in [3.63, 3.8) is 0 Å². The number of alkyl halides is 1. The SMILES string of the molecule is CCOC(=O)[C@@H](NC(=O)[C@H](Cl)c1ccc([N+](=O)[O-])cc1)c1ccccc1. The van der Waals surface area contributed by atoms with Gasteiger partial charge in [0.1, 0.15) is 5.38 Å². The number of esters is 1. The highest BCUT2D eigenvalue weighted by atomic mass is 35.5. The quantitative estimate of drug-likeness (QED) is 0.346. The van der Waals surface area contributed by atoms with Crippen molar-refractivity contribution in [2.75, 3.05) is 6.61 Å². The standard InChI is InChI=1S/C18H17ClN2O5/c1-2-26-18(23)16(13-6-4-3-5-7-13)20-17(22)15(19)12-8-10-14(11-9-12)21(24)25/h3-11,15-16H,2H2,1H3,(H,20,22)/t15-,16+/m1/s1. The van der Waals surface area contributed by atoms with E-state index in [4.69, 9.17) is 16.3 Å². The second-order valence-corrected chi connectivity index (χ2v) is 5.75. The highest BCUT2D eigenvalue weighted by molar-refractivity contribution is 6.30. The zero-order valence-corrected chi connectivity index (χ0v) is 14.7. The summed E-state index contributed by atoms with van der Waals surface area (Å²) in [4.78, 5) is 34.8. The van der Waals surface area contributed by atoms with Crippen LogP contribution in [0.25, 0.3) is 0 Å². The van der Waals surface area contributed by atoms with Gasteiger partial charge < -0.3 is 10.1 Å². The molecule has 2 aromatic rings. The molecule has 0 aromatic heterocycles. The first-order chi connectivity index (χ1) is 12.4. The second kappa shape index (κ2) is 8.96. The number of carbonyl (C=O) groups excluding carboxylic acids is 2. The van der Waals surface area contributed by atoms with E-state index in [1.54, 1.807) is 37.3 Å². The molecule has 26 heavy (non-hydrogen) atoms. The average Bonchev–Trinajstić information content (AvgIpc) is 2.66. The zero-order chi connectivity index (χ0) is 19.1. The smallest absolute Gasteiger partial charge is 0.333 e.